The van der Waals surface area contributed by atoms with E-state index in [-0.39, 0.29) is 6.54 Å². The van der Waals surface area contributed by atoms with Crippen molar-refractivity contribution >= 4 is 12.1 Å². The number of halogens is 1. The lowest BCUT2D eigenvalue weighted by atomic mass is 9.75. The summed E-state index contributed by atoms with van der Waals surface area (Å²) in [5.41, 5.74) is -3.72. The van der Waals surface area contributed by atoms with Crippen LogP contribution in [0, 0.1) is 5.41 Å². The molecule has 110 valence electrons. The van der Waals surface area contributed by atoms with Gasteiger partial charge in [0.2, 0.25) is 0 Å². The minimum absolute atomic E-state index is 0.286. The normalized spacial score (nSPS) is 30.3. The van der Waals surface area contributed by atoms with Gasteiger partial charge in [0.25, 0.3) is 0 Å². The second-order valence-electron chi connectivity index (χ2n) is 6.77. The smallest absolute Gasteiger partial charge is 0.411 e. The molecule has 0 aromatic carbocycles. The SMILES string of the molecule is CC(C)(C)OC(=O)N1CC(C)(F)C(C)(C)C1C(=O)O. The van der Waals surface area contributed by atoms with Gasteiger partial charge in [-0.25, -0.2) is 14.0 Å². The number of hydrogen-bond acceptors (Lipinski definition) is 3. The molecule has 1 heterocycles. The first kappa shape index (κ1) is 15.7. The van der Waals surface area contributed by atoms with E-state index in [0.29, 0.717) is 0 Å². The third-order valence-electron chi connectivity index (χ3n) is 3.67. The number of amides is 1. The topological polar surface area (TPSA) is 66.8 Å². The number of nitrogens with zero attached hydrogens (tertiary/aromatic N) is 1. The van der Waals surface area contributed by atoms with Crippen molar-refractivity contribution in [3.63, 3.8) is 0 Å². The number of hydrogen-bond donors (Lipinski definition) is 1. The van der Waals surface area contributed by atoms with Gasteiger partial charge in [0.15, 0.2) is 0 Å². The standard InChI is InChI=1S/C13H22FNO4/c1-11(2,3)19-10(18)15-7-13(6,14)12(4,5)8(15)9(16)17/h8H,7H2,1-6H3,(H,16,17). The molecular formula is C13H22FNO4. The maximum atomic E-state index is 14.5. The Hall–Kier alpha value is -1.33. The minimum atomic E-state index is -1.78. The van der Waals surface area contributed by atoms with Gasteiger partial charge in [-0.15, -0.1) is 0 Å². The lowest BCUT2D eigenvalue weighted by Gasteiger charge is -2.33. The van der Waals surface area contributed by atoms with Crippen molar-refractivity contribution in [2.75, 3.05) is 6.54 Å². The molecule has 1 rings (SSSR count). The Morgan fingerprint density at radius 3 is 2.16 bits per heavy atom. The number of carboxylic acids is 1. The first-order chi connectivity index (χ1) is 8.29. The Balaban J connectivity index is 3.08. The highest BCUT2D eigenvalue weighted by Crippen LogP contribution is 2.46. The maximum absolute atomic E-state index is 14.5. The van der Waals surface area contributed by atoms with Crippen LogP contribution in [0.4, 0.5) is 9.18 Å². The second-order valence-corrected chi connectivity index (χ2v) is 6.77. The van der Waals surface area contributed by atoms with Crippen LogP contribution < -0.4 is 0 Å². The molecule has 1 amide bonds. The van der Waals surface area contributed by atoms with Crippen LogP contribution in [-0.2, 0) is 9.53 Å². The molecule has 1 N–H and O–H groups in total. The lowest BCUT2D eigenvalue weighted by Crippen LogP contribution is -2.48. The summed E-state index contributed by atoms with van der Waals surface area (Å²) in [6, 6.07) is -1.24. The van der Waals surface area contributed by atoms with Crippen molar-refractivity contribution < 1.29 is 23.8 Å². The van der Waals surface area contributed by atoms with Gasteiger partial charge in [0.05, 0.1) is 6.54 Å². The van der Waals surface area contributed by atoms with Gasteiger partial charge in [-0.05, 0) is 27.7 Å². The molecule has 1 saturated heterocycles. The molecule has 2 unspecified atom stereocenters. The zero-order chi connectivity index (χ0) is 15.2. The van der Waals surface area contributed by atoms with Gasteiger partial charge >= 0.3 is 12.1 Å². The van der Waals surface area contributed by atoms with E-state index in [4.69, 9.17) is 4.74 Å². The summed E-state index contributed by atoms with van der Waals surface area (Å²) in [5, 5.41) is 9.28. The molecule has 19 heavy (non-hydrogen) atoms. The first-order valence-corrected chi connectivity index (χ1v) is 6.21. The molecular weight excluding hydrogens is 253 g/mol. The highest BCUT2D eigenvalue weighted by atomic mass is 19.1. The summed E-state index contributed by atoms with van der Waals surface area (Å²) in [7, 11) is 0. The van der Waals surface area contributed by atoms with Crippen molar-refractivity contribution in [1.82, 2.24) is 4.90 Å². The second kappa shape index (κ2) is 4.35. The third-order valence-corrected chi connectivity index (χ3v) is 3.67. The molecule has 0 saturated carbocycles. The molecule has 6 heteroatoms. The van der Waals surface area contributed by atoms with E-state index in [1.165, 1.54) is 20.8 Å². The van der Waals surface area contributed by atoms with Gasteiger partial charge in [-0.3, -0.25) is 4.90 Å². The molecule has 0 bridgehead atoms. The fraction of sp³-hybridized carbons (Fsp3) is 0.846. The van der Waals surface area contributed by atoms with Crippen LogP contribution in [0.25, 0.3) is 0 Å². The molecule has 1 fully saturated rings. The van der Waals surface area contributed by atoms with Crippen molar-refractivity contribution in [2.45, 2.75) is 58.9 Å². The summed E-state index contributed by atoms with van der Waals surface area (Å²) in [4.78, 5) is 24.4. The quantitative estimate of drug-likeness (QED) is 0.798. The van der Waals surface area contributed by atoms with Crippen LogP contribution in [0.3, 0.4) is 0 Å². The first-order valence-electron chi connectivity index (χ1n) is 6.21. The number of likely N-dealkylation sites (tertiary alicyclic amines) is 1. The maximum Gasteiger partial charge on any atom is 0.411 e. The Morgan fingerprint density at radius 2 is 1.79 bits per heavy atom. The van der Waals surface area contributed by atoms with E-state index in [2.05, 4.69) is 0 Å². The highest BCUT2D eigenvalue weighted by Gasteiger charge is 2.61. The van der Waals surface area contributed by atoms with Gasteiger partial charge in [-0.1, -0.05) is 13.8 Å². The van der Waals surface area contributed by atoms with E-state index in [1.807, 2.05) is 0 Å². The summed E-state index contributed by atoms with van der Waals surface area (Å²) < 4.78 is 19.7. The van der Waals surface area contributed by atoms with Gasteiger partial charge in [0, 0.05) is 5.41 Å². The Labute approximate surface area is 112 Å². The minimum Gasteiger partial charge on any atom is -0.480 e. The third kappa shape index (κ3) is 2.82. The number of carbonyl (C=O) groups excluding carboxylic acids is 1. The summed E-state index contributed by atoms with van der Waals surface area (Å²) >= 11 is 0. The Bertz CT molecular complexity index is 398. The van der Waals surface area contributed by atoms with Crippen molar-refractivity contribution in [1.29, 1.82) is 0 Å². The fourth-order valence-corrected chi connectivity index (χ4v) is 2.22. The van der Waals surface area contributed by atoms with Crippen molar-refractivity contribution in [2.24, 2.45) is 5.41 Å². The van der Waals surface area contributed by atoms with E-state index < -0.39 is 34.8 Å². The lowest BCUT2D eigenvalue weighted by molar-refractivity contribution is -0.146. The van der Waals surface area contributed by atoms with Gasteiger partial charge in [-0.2, -0.15) is 0 Å². The van der Waals surface area contributed by atoms with Crippen LogP contribution >= 0.6 is 0 Å². The number of rotatable bonds is 1. The van der Waals surface area contributed by atoms with E-state index >= 15 is 0 Å². The van der Waals surface area contributed by atoms with Crippen molar-refractivity contribution in [3.05, 3.63) is 0 Å². The zero-order valence-corrected chi connectivity index (χ0v) is 12.3. The molecule has 0 aromatic rings. The van der Waals surface area contributed by atoms with Crippen LogP contribution in [-0.4, -0.2) is 45.9 Å². The molecule has 2 atom stereocenters. The zero-order valence-electron chi connectivity index (χ0n) is 12.3. The summed E-state index contributed by atoms with van der Waals surface area (Å²) in [6.07, 6.45) is -0.797. The van der Waals surface area contributed by atoms with Crippen LogP contribution in [0.1, 0.15) is 41.5 Å². The Kier molecular flexibility index (Phi) is 3.60. The van der Waals surface area contributed by atoms with Crippen LogP contribution in [0.5, 0.6) is 0 Å². The van der Waals surface area contributed by atoms with E-state index in [0.717, 1.165) is 4.90 Å². The summed E-state index contributed by atoms with van der Waals surface area (Å²) in [5.74, 6) is -1.22. The molecule has 5 nitrogen and oxygen atoms in total. The van der Waals surface area contributed by atoms with Crippen molar-refractivity contribution in [3.8, 4) is 0 Å². The van der Waals surface area contributed by atoms with E-state index in [9.17, 15) is 19.1 Å². The number of carboxylic acid groups (broad SMARTS) is 1. The highest BCUT2D eigenvalue weighted by molar-refractivity contribution is 5.82. The molecule has 1 aliphatic heterocycles. The van der Waals surface area contributed by atoms with Gasteiger partial charge < -0.3 is 9.84 Å². The van der Waals surface area contributed by atoms with Crippen LogP contribution in [0.2, 0.25) is 0 Å². The molecule has 0 aliphatic carbocycles. The monoisotopic (exact) mass is 275 g/mol. The molecule has 1 aliphatic rings. The largest absolute Gasteiger partial charge is 0.480 e. The molecule has 0 spiro atoms. The molecule has 0 radical (unpaired) electrons. The summed E-state index contributed by atoms with van der Waals surface area (Å²) in [6.45, 7) is 9.08. The number of ether oxygens (including phenoxy) is 1. The predicted octanol–water partition coefficient (Wildman–Crippen LogP) is 2.44. The predicted molar refractivity (Wildman–Crippen MR) is 67.7 cm³/mol. The van der Waals surface area contributed by atoms with Gasteiger partial charge in [0.1, 0.15) is 17.3 Å². The Morgan fingerprint density at radius 1 is 1.32 bits per heavy atom. The number of aliphatic carboxylic acids is 1. The number of carbonyl (C=O) groups is 2. The fourth-order valence-electron chi connectivity index (χ4n) is 2.22. The van der Waals surface area contributed by atoms with Crippen LogP contribution in [0.15, 0.2) is 0 Å². The van der Waals surface area contributed by atoms with E-state index in [1.54, 1.807) is 20.8 Å². The molecule has 0 aromatic heterocycles. The number of alkyl halides is 1. The average Bonchev–Trinajstić information content (AvgIpc) is 2.30. The average molecular weight is 275 g/mol.